The topological polar surface area (TPSA) is 29.4 Å². The normalized spacial score (nSPS) is 12.3. The first-order chi connectivity index (χ1) is 2.77. The highest BCUT2D eigenvalue weighted by atomic mass is 35.5. The van der Waals surface area contributed by atoms with Gasteiger partial charge in [0.1, 0.15) is 5.50 Å². The zero-order valence-corrected chi connectivity index (χ0v) is 4.07. The van der Waals surface area contributed by atoms with Crippen molar-refractivity contribution >= 4 is 17.7 Å². The summed E-state index contributed by atoms with van der Waals surface area (Å²) in [7, 11) is 0. The molecule has 2 nitrogen and oxygen atoms in total. The molecule has 0 aromatic rings. The van der Waals surface area contributed by atoms with Crippen molar-refractivity contribution in [2.45, 2.75) is 12.4 Å². The predicted octanol–water partition coefficient (Wildman–Crippen LogP) is 0.907. The van der Waals surface area contributed by atoms with Crippen LogP contribution in [0.2, 0.25) is 0 Å². The fourth-order valence-corrected chi connectivity index (χ4v) is 0.112. The summed E-state index contributed by atoms with van der Waals surface area (Å²) in [6.45, 7) is 1.59. The van der Waals surface area contributed by atoms with Gasteiger partial charge in [-0.25, -0.2) is 4.79 Å². The first kappa shape index (κ1) is 5.67. The van der Waals surface area contributed by atoms with E-state index in [-0.39, 0.29) is 0 Å². The predicted molar refractivity (Wildman–Crippen MR) is 23.4 cm³/mol. The first-order valence-corrected chi connectivity index (χ1v) is 1.92. The summed E-state index contributed by atoms with van der Waals surface area (Å²) in [5.41, 5.74) is -0.428. The highest BCUT2D eigenvalue weighted by molar-refractivity contribution is 6.20. The largest absolute Gasteiger partial charge is 0.236 e. The van der Waals surface area contributed by atoms with Crippen LogP contribution in [-0.4, -0.2) is 11.6 Å². The average Bonchev–Trinajstić information content (AvgIpc) is 1.35. The smallest absolute Gasteiger partial charge is 0.211 e. The molecule has 1 atom stereocenters. The molecule has 34 valence electrons. The van der Waals surface area contributed by atoms with Crippen molar-refractivity contribution < 1.29 is 4.79 Å². The molecule has 0 fully saturated rings. The number of halogens is 1. The number of hydrogen-bond donors (Lipinski definition) is 0. The van der Waals surface area contributed by atoms with Gasteiger partial charge in [0, 0.05) is 0 Å². The number of alkyl halides is 1. The van der Waals surface area contributed by atoms with Crippen LogP contribution in [0.3, 0.4) is 0 Å². The van der Waals surface area contributed by atoms with Gasteiger partial charge in [-0.2, -0.15) is 4.99 Å². The van der Waals surface area contributed by atoms with Crippen molar-refractivity contribution in [1.82, 2.24) is 0 Å². The molecule has 0 unspecified atom stereocenters. The second-order valence-electron chi connectivity index (χ2n) is 0.794. The Balaban J connectivity index is 3.29. The Hall–Kier alpha value is -0.330. The van der Waals surface area contributed by atoms with Gasteiger partial charge in [-0.05, 0) is 6.92 Å². The molecule has 0 amide bonds. The molecular formula is C3H4ClNO. The Kier molecular flexibility index (Phi) is 2.73. The van der Waals surface area contributed by atoms with Crippen LogP contribution in [0.15, 0.2) is 4.99 Å². The summed E-state index contributed by atoms with van der Waals surface area (Å²) in [5, 5.41) is 0. The van der Waals surface area contributed by atoms with Gasteiger partial charge >= 0.3 is 0 Å². The van der Waals surface area contributed by atoms with Crippen LogP contribution in [0.1, 0.15) is 6.92 Å². The lowest BCUT2D eigenvalue weighted by Gasteiger charge is -1.79. The summed E-state index contributed by atoms with van der Waals surface area (Å²) in [5.74, 6) is 0. The first-order valence-electron chi connectivity index (χ1n) is 1.48. The Morgan fingerprint density at radius 3 is 2.50 bits per heavy atom. The average molecular weight is 106 g/mol. The second-order valence-corrected chi connectivity index (χ2v) is 1.43. The van der Waals surface area contributed by atoms with Gasteiger partial charge in [0.2, 0.25) is 6.08 Å². The van der Waals surface area contributed by atoms with Crippen LogP contribution in [0.5, 0.6) is 0 Å². The zero-order chi connectivity index (χ0) is 4.99. The van der Waals surface area contributed by atoms with Gasteiger partial charge in [-0.15, -0.1) is 0 Å². The highest BCUT2D eigenvalue weighted by Gasteiger charge is 1.82. The standard InChI is InChI=1S/C3H4ClNO/c1-3(4)5-2-6/h3H,1H3/t3-/m1/s1. The quantitative estimate of drug-likeness (QED) is 0.211. The number of nitrogens with zero attached hydrogens (tertiary/aromatic N) is 1. The van der Waals surface area contributed by atoms with E-state index in [1.54, 1.807) is 6.92 Å². The fraction of sp³-hybridized carbons (Fsp3) is 0.667. The Labute approximate surface area is 40.8 Å². The summed E-state index contributed by atoms with van der Waals surface area (Å²) >= 11 is 5.15. The van der Waals surface area contributed by atoms with E-state index < -0.39 is 5.50 Å². The molecule has 0 aliphatic carbocycles. The van der Waals surface area contributed by atoms with E-state index in [1.807, 2.05) is 0 Å². The molecule has 0 aromatic carbocycles. The van der Waals surface area contributed by atoms with Gasteiger partial charge in [-0.1, -0.05) is 11.6 Å². The number of rotatable bonds is 1. The molecule has 0 radical (unpaired) electrons. The van der Waals surface area contributed by atoms with E-state index in [1.165, 1.54) is 6.08 Å². The maximum absolute atomic E-state index is 9.24. The number of hydrogen-bond acceptors (Lipinski definition) is 2. The molecule has 0 rings (SSSR count). The molecule has 0 bridgehead atoms. The summed E-state index contributed by atoms with van der Waals surface area (Å²) in [6, 6.07) is 0. The van der Waals surface area contributed by atoms with Crippen molar-refractivity contribution in [3.63, 3.8) is 0 Å². The Morgan fingerprint density at radius 2 is 2.50 bits per heavy atom. The third-order valence-electron chi connectivity index (χ3n) is 0.231. The van der Waals surface area contributed by atoms with Gasteiger partial charge in [0.25, 0.3) is 0 Å². The number of aliphatic imine (C=N–C) groups is 1. The van der Waals surface area contributed by atoms with Gasteiger partial charge in [-0.3, -0.25) is 0 Å². The third-order valence-corrected chi connectivity index (χ3v) is 0.328. The van der Waals surface area contributed by atoms with Crippen molar-refractivity contribution in [2.24, 2.45) is 4.99 Å². The van der Waals surface area contributed by atoms with Crippen LogP contribution in [0.4, 0.5) is 0 Å². The summed E-state index contributed by atoms with van der Waals surface area (Å²) in [6.07, 6.45) is 1.31. The lowest BCUT2D eigenvalue weighted by molar-refractivity contribution is 0.562. The van der Waals surface area contributed by atoms with E-state index in [0.29, 0.717) is 0 Å². The Bertz CT molecular complexity index is 74.9. The van der Waals surface area contributed by atoms with Crippen LogP contribution >= 0.6 is 11.6 Å². The number of carbonyl (C=O) groups excluding carboxylic acids is 1. The van der Waals surface area contributed by atoms with Crippen molar-refractivity contribution in [2.75, 3.05) is 0 Å². The highest BCUT2D eigenvalue weighted by Crippen LogP contribution is 1.89. The van der Waals surface area contributed by atoms with Gasteiger partial charge in [0.15, 0.2) is 0 Å². The SMILES string of the molecule is C[C@H](Cl)N=C=O. The molecule has 0 saturated carbocycles. The fourth-order valence-electron chi connectivity index (χ4n) is 0.0726. The van der Waals surface area contributed by atoms with Crippen molar-refractivity contribution in [3.05, 3.63) is 0 Å². The third kappa shape index (κ3) is 3.67. The molecule has 0 aliphatic rings. The molecule has 0 aliphatic heterocycles. The minimum absolute atomic E-state index is 0.428. The molecular weight excluding hydrogens is 101 g/mol. The Morgan fingerprint density at radius 1 is 2.00 bits per heavy atom. The van der Waals surface area contributed by atoms with E-state index in [9.17, 15) is 4.79 Å². The van der Waals surface area contributed by atoms with E-state index in [4.69, 9.17) is 11.6 Å². The number of isocyanates is 1. The lowest BCUT2D eigenvalue weighted by atomic mass is 10.8. The molecule has 3 heteroatoms. The van der Waals surface area contributed by atoms with Crippen molar-refractivity contribution in [1.29, 1.82) is 0 Å². The second kappa shape index (κ2) is 2.88. The van der Waals surface area contributed by atoms with Gasteiger partial charge in [0.05, 0.1) is 0 Å². The molecule has 0 aromatic heterocycles. The van der Waals surface area contributed by atoms with E-state index >= 15 is 0 Å². The van der Waals surface area contributed by atoms with Crippen LogP contribution in [-0.2, 0) is 4.79 Å². The van der Waals surface area contributed by atoms with Gasteiger partial charge < -0.3 is 0 Å². The van der Waals surface area contributed by atoms with E-state index in [2.05, 4.69) is 4.99 Å². The lowest BCUT2D eigenvalue weighted by Crippen LogP contribution is -1.78. The molecule has 0 spiro atoms. The summed E-state index contributed by atoms with van der Waals surface area (Å²) in [4.78, 5) is 12.3. The van der Waals surface area contributed by atoms with Crippen LogP contribution in [0.25, 0.3) is 0 Å². The van der Waals surface area contributed by atoms with Crippen LogP contribution < -0.4 is 0 Å². The maximum atomic E-state index is 9.24. The minimum Gasteiger partial charge on any atom is -0.211 e. The molecule has 0 N–H and O–H groups in total. The molecule has 0 heterocycles. The molecule has 6 heavy (non-hydrogen) atoms. The van der Waals surface area contributed by atoms with E-state index in [0.717, 1.165) is 0 Å². The monoisotopic (exact) mass is 105 g/mol. The maximum Gasteiger partial charge on any atom is 0.236 e. The minimum atomic E-state index is -0.428. The van der Waals surface area contributed by atoms with Crippen molar-refractivity contribution in [3.8, 4) is 0 Å². The van der Waals surface area contributed by atoms with Crippen LogP contribution in [0, 0.1) is 0 Å². The molecule has 0 saturated heterocycles. The zero-order valence-electron chi connectivity index (χ0n) is 3.31. The summed E-state index contributed by atoms with van der Waals surface area (Å²) < 4.78 is 0.